The highest BCUT2D eigenvalue weighted by atomic mass is 79.9. The van der Waals surface area contributed by atoms with Gasteiger partial charge in [-0.3, -0.25) is 4.90 Å². The largest absolute Gasteiger partial charge is 0.390 e. The Morgan fingerprint density at radius 1 is 1.32 bits per heavy atom. The summed E-state index contributed by atoms with van der Waals surface area (Å²) in [5.74, 6) is 0. The molecule has 0 saturated carbocycles. The highest BCUT2D eigenvalue weighted by Gasteiger charge is 2.26. The van der Waals surface area contributed by atoms with Crippen molar-refractivity contribution in [1.82, 2.24) is 4.90 Å². The summed E-state index contributed by atoms with van der Waals surface area (Å²) in [6.07, 6.45) is 4.03. The Morgan fingerprint density at radius 2 is 1.89 bits per heavy atom. The van der Waals surface area contributed by atoms with Crippen LogP contribution in [0.5, 0.6) is 0 Å². The minimum absolute atomic E-state index is 0.457. The van der Waals surface area contributed by atoms with E-state index < -0.39 is 5.60 Å². The number of nitrogens with zero attached hydrogens (tertiary/aromatic N) is 1. The molecule has 19 heavy (non-hydrogen) atoms. The molecule has 0 aliphatic carbocycles. The Hall–Kier alpha value is -0.640. The Balaban J connectivity index is 1.90. The maximum absolute atomic E-state index is 9.93. The fourth-order valence-electron chi connectivity index (χ4n) is 2.31. The zero-order valence-electron chi connectivity index (χ0n) is 11.7. The second-order valence-electron chi connectivity index (χ2n) is 5.69. The first-order valence-corrected chi connectivity index (χ1v) is 7.63. The zero-order valence-corrected chi connectivity index (χ0v) is 13.3. The van der Waals surface area contributed by atoms with Crippen LogP contribution in [-0.4, -0.2) is 35.2 Å². The molecular weight excluding hydrogens is 302 g/mol. The Kier molecular flexibility index (Phi) is 4.82. The van der Waals surface area contributed by atoms with Crippen LogP contribution in [-0.2, 0) is 0 Å². The van der Waals surface area contributed by atoms with Crippen LogP contribution < -0.4 is 0 Å². The number of hydrogen-bond donors (Lipinski definition) is 1. The van der Waals surface area contributed by atoms with E-state index in [4.69, 9.17) is 0 Å². The van der Waals surface area contributed by atoms with E-state index in [1.165, 1.54) is 11.1 Å². The van der Waals surface area contributed by atoms with Gasteiger partial charge in [-0.15, -0.1) is 0 Å². The topological polar surface area (TPSA) is 23.5 Å². The molecule has 2 rings (SSSR count). The molecule has 0 unspecified atom stereocenters. The summed E-state index contributed by atoms with van der Waals surface area (Å²) < 4.78 is 1.11. The summed E-state index contributed by atoms with van der Waals surface area (Å²) in [6, 6.07) is 8.42. The van der Waals surface area contributed by atoms with Gasteiger partial charge in [0.1, 0.15) is 0 Å². The van der Waals surface area contributed by atoms with Crippen LogP contribution in [0.4, 0.5) is 0 Å². The molecule has 2 nitrogen and oxygen atoms in total. The smallest absolute Gasteiger partial charge is 0.0644 e. The van der Waals surface area contributed by atoms with Crippen LogP contribution in [0.1, 0.15) is 32.3 Å². The third kappa shape index (κ3) is 4.44. The van der Waals surface area contributed by atoms with Gasteiger partial charge >= 0.3 is 0 Å². The summed E-state index contributed by atoms with van der Waals surface area (Å²) in [7, 11) is 0. The molecule has 1 heterocycles. The summed E-state index contributed by atoms with van der Waals surface area (Å²) in [5.41, 5.74) is 2.12. The van der Waals surface area contributed by atoms with Crippen LogP contribution in [0.3, 0.4) is 0 Å². The number of hydrogen-bond acceptors (Lipinski definition) is 2. The van der Waals surface area contributed by atoms with Crippen molar-refractivity contribution in [3.8, 4) is 0 Å². The van der Waals surface area contributed by atoms with E-state index in [2.05, 4.69) is 58.1 Å². The minimum atomic E-state index is -0.457. The highest BCUT2D eigenvalue weighted by Crippen LogP contribution is 2.22. The molecule has 104 valence electrons. The molecule has 0 radical (unpaired) electrons. The lowest BCUT2D eigenvalue weighted by molar-refractivity contribution is -0.00242. The Labute approximate surface area is 124 Å². The van der Waals surface area contributed by atoms with Crippen LogP contribution in [0.25, 0.3) is 5.57 Å². The van der Waals surface area contributed by atoms with Crippen molar-refractivity contribution in [3.05, 3.63) is 40.4 Å². The lowest BCUT2D eigenvalue weighted by atomic mass is 9.94. The molecule has 1 aromatic rings. The molecule has 0 bridgehead atoms. The highest BCUT2D eigenvalue weighted by molar-refractivity contribution is 9.10. The van der Waals surface area contributed by atoms with Crippen molar-refractivity contribution in [1.29, 1.82) is 0 Å². The van der Waals surface area contributed by atoms with Crippen LogP contribution in [0.2, 0.25) is 0 Å². The van der Waals surface area contributed by atoms with Gasteiger partial charge in [-0.1, -0.05) is 34.1 Å². The number of likely N-dealkylation sites (tertiary alicyclic amines) is 1. The van der Waals surface area contributed by atoms with Gasteiger partial charge < -0.3 is 5.11 Å². The lowest BCUT2D eigenvalue weighted by Crippen LogP contribution is -2.42. The molecular formula is C16H22BrNO. The van der Waals surface area contributed by atoms with Crippen LogP contribution in [0.15, 0.2) is 34.8 Å². The molecule has 1 aliphatic heterocycles. The summed E-state index contributed by atoms with van der Waals surface area (Å²) in [4.78, 5) is 2.40. The Bertz CT molecular complexity index is 440. The van der Waals surface area contributed by atoms with Gasteiger partial charge in [0, 0.05) is 24.1 Å². The monoisotopic (exact) mass is 323 g/mol. The molecule has 3 heteroatoms. The number of allylic oxidation sites excluding steroid dienone is 1. The van der Waals surface area contributed by atoms with Crippen molar-refractivity contribution in [3.63, 3.8) is 0 Å². The van der Waals surface area contributed by atoms with E-state index in [-0.39, 0.29) is 0 Å². The first kappa shape index (κ1) is 14.8. The molecule has 0 spiro atoms. The van der Waals surface area contributed by atoms with Crippen LogP contribution in [0, 0.1) is 0 Å². The van der Waals surface area contributed by atoms with Crippen molar-refractivity contribution >= 4 is 21.5 Å². The molecule has 1 aliphatic rings. The van der Waals surface area contributed by atoms with Gasteiger partial charge in [-0.05, 0) is 50.0 Å². The molecule has 1 saturated heterocycles. The van der Waals surface area contributed by atoms with E-state index in [9.17, 15) is 5.11 Å². The number of benzene rings is 1. The first-order chi connectivity index (χ1) is 8.96. The molecule has 1 N–H and O–H groups in total. The predicted octanol–water partition coefficient (Wildman–Crippen LogP) is 3.70. The fraction of sp³-hybridized carbons (Fsp3) is 0.500. The maximum Gasteiger partial charge on any atom is 0.0644 e. The second kappa shape index (κ2) is 6.21. The third-order valence-corrected chi connectivity index (χ3v) is 4.42. The number of aliphatic hydroxyl groups is 1. The van der Waals surface area contributed by atoms with E-state index in [1.54, 1.807) is 0 Å². The average Bonchev–Trinajstić information content (AvgIpc) is 2.38. The van der Waals surface area contributed by atoms with Crippen molar-refractivity contribution < 1.29 is 5.11 Å². The SMILES string of the molecule is CC(=CCN1CCC(C)(O)CC1)c1ccc(Br)cc1. The van der Waals surface area contributed by atoms with Gasteiger partial charge in [0.15, 0.2) is 0 Å². The van der Waals surface area contributed by atoms with Crippen LogP contribution >= 0.6 is 15.9 Å². The van der Waals surface area contributed by atoms with Gasteiger partial charge in [-0.25, -0.2) is 0 Å². The molecule has 1 fully saturated rings. The van der Waals surface area contributed by atoms with Gasteiger partial charge in [0.25, 0.3) is 0 Å². The first-order valence-electron chi connectivity index (χ1n) is 6.84. The molecule has 0 amide bonds. The number of halogens is 1. The number of piperidine rings is 1. The summed E-state index contributed by atoms with van der Waals surface area (Å²) in [5, 5.41) is 9.93. The number of rotatable bonds is 3. The van der Waals surface area contributed by atoms with Gasteiger partial charge in [0.2, 0.25) is 0 Å². The lowest BCUT2D eigenvalue weighted by Gasteiger charge is -2.35. The fourth-order valence-corrected chi connectivity index (χ4v) is 2.58. The van der Waals surface area contributed by atoms with Crippen molar-refractivity contribution in [2.75, 3.05) is 19.6 Å². The van der Waals surface area contributed by atoms with Gasteiger partial charge in [-0.2, -0.15) is 0 Å². The standard InChI is InChI=1S/C16H22BrNO/c1-13(14-3-5-15(17)6-4-14)7-10-18-11-8-16(2,19)9-12-18/h3-7,19H,8-12H2,1-2H3. The molecule has 0 aromatic heterocycles. The molecule has 1 aromatic carbocycles. The summed E-state index contributed by atoms with van der Waals surface area (Å²) in [6.45, 7) is 7.03. The predicted molar refractivity (Wildman–Crippen MR) is 84.1 cm³/mol. The quantitative estimate of drug-likeness (QED) is 0.916. The average molecular weight is 324 g/mol. The van der Waals surface area contributed by atoms with Gasteiger partial charge in [0.05, 0.1) is 5.60 Å². The maximum atomic E-state index is 9.93. The minimum Gasteiger partial charge on any atom is -0.390 e. The normalized spacial score (nSPS) is 20.5. The molecule has 0 atom stereocenters. The van der Waals surface area contributed by atoms with E-state index in [0.29, 0.717) is 0 Å². The van der Waals surface area contributed by atoms with E-state index in [0.717, 1.165) is 36.9 Å². The third-order valence-electron chi connectivity index (χ3n) is 3.89. The summed E-state index contributed by atoms with van der Waals surface area (Å²) >= 11 is 3.46. The van der Waals surface area contributed by atoms with E-state index >= 15 is 0 Å². The zero-order chi connectivity index (χ0) is 13.9. The van der Waals surface area contributed by atoms with Crippen molar-refractivity contribution in [2.45, 2.75) is 32.3 Å². The van der Waals surface area contributed by atoms with Crippen molar-refractivity contribution in [2.24, 2.45) is 0 Å². The van der Waals surface area contributed by atoms with E-state index in [1.807, 2.05) is 6.92 Å². The second-order valence-corrected chi connectivity index (χ2v) is 6.61. The Morgan fingerprint density at radius 3 is 2.47 bits per heavy atom.